The van der Waals surface area contributed by atoms with Gasteiger partial charge in [0.2, 0.25) is 5.88 Å². The predicted octanol–water partition coefficient (Wildman–Crippen LogP) is 3.97. The van der Waals surface area contributed by atoms with E-state index < -0.39 is 62.3 Å². The second kappa shape index (κ2) is 18.7. The van der Waals surface area contributed by atoms with Crippen LogP contribution in [0.25, 0.3) is 11.2 Å². The molecule has 0 radical (unpaired) electrons. The molecule has 0 saturated carbocycles. The van der Waals surface area contributed by atoms with Crippen LogP contribution >= 0.6 is 7.67 Å². The fraction of sp³-hybridized carbons (Fsp3) is 0.788. The monoisotopic (exact) mass is 728 g/mol. The fourth-order valence-corrected chi connectivity index (χ4v) is 7.39. The number of aromatic nitrogens is 4. The van der Waals surface area contributed by atoms with Gasteiger partial charge < -0.3 is 33.7 Å². The lowest BCUT2D eigenvalue weighted by molar-refractivity contribution is -0.146. The molecule has 3 heterocycles. The van der Waals surface area contributed by atoms with Crippen LogP contribution in [0.15, 0.2) is 6.33 Å². The number of rotatable bonds is 21. The number of nitrogens with one attached hydrogen (secondary N) is 2. The Hall–Kier alpha value is -2.72. The number of esters is 2. The molecule has 2 aromatic heterocycles. The summed E-state index contributed by atoms with van der Waals surface area (Å²) in [6, 6.07) is -2.11. The fourth-order valence-electron chi connectivity index (χ4n) is 5.57. The number of fused-ring (bicyclic) bond motifs is 1. The van der Waals surface area contributed by atoms with Gasteiger partial charge in [0.1, 0.15) is 35.7 Å². The number of carbonyl (C=O) groups is 2. The van der Waals surface area contributed by atoms with E-state index >= 15 is 0 Å². The summed E-state index contributed by atoms with van der Waals surface area (Å²) in [5.74, 6) is -0.599. The number of ether oxygens (including phenoxy) is 4. The van der Waals surface area contributed by atoms with E-state index in [9.17, 15) is 24.4 Å². The summed E-state index contributed by atoms with van der Waals surface area (Å²) in [6.45, 7) is 14.5. The van der Waals surface area contributed by atoms with Crippen molar-refractivity contribution in [3.05, 3.63) is 12.2 Å². The number of aliphatic hydroxyl groups is 2. The number of carbonyl (C=O) groups excluding carboxylic acids is 2. The van der Waals surface area contributed by atoms with Crippen LogP contribution < -0.4 is 14.9 Å². The molecule has 0 spiro atoms. The molecule has 17 heteroatoms. The highest BCUT2D eigenvalue weighted by atomic mass is 31.2. The van der Waals surface area contributed by atoms with Crippen LogP contribution in [0.1, 0.15) is 99.0 Å². The van der Waals surface area contributed by atoms with Gasteiger partial charge in [-0.1, -0.05) is 54.4 Å². The summed E-state index contributed by atoms with van der Waals surface area (Å²) in [5, 5.41) is 28.5. The van der Waals surface area contributed by atoms with Gasteiger partial charge >= 0.3 is 19.6 Å². The first-order chi connectivity index (χ1) is 23.6. The van der Waals surface area contributed by atoms with Crippen LogP contribution in [0.3, 0.4) is 0 Å². The lowest BCUT2D eigenvalue weighted by Crippen LogP contribution is -2.47. The maximum atomic E-state index is 14.8. The second-order valence-electron chi connectivity index (χ2n) is 13.8. The normalized spacial score (nSPS) is 22.3. The van der Waals surface area contributed by atoms with E-state index in [4.69, 9.17) is 23.5 Å². The Morgan fingerprint density at radius 3 is 2.04 bits per heavy atom. The second-order valence-corrected chi connectivity index (χ2v) is 15.7. The Bertz CT molecular complexity index is 1410. The Morgan fingerprint density at radius 1 is 1.02 bits per heavy atom. The van der Waals surface area contributed by atoms with Crippen molar-refractivity contribution in [3.63, 3.8) is 0 Å². The maximum Gasteiger partial charge on any atom is 0.342 e. The van der Waals surface area contributed by atoms with Crippen LogP contribution in [0, 0.1) is 18.8 Å². The van der Waals surface area contributed by atoms with E-state index in [2.05, 4.69) is 25.1 Å². The van der Waals surface area contributed by atoms with Gasteiger partial charge in [0.25, 0.3) is 0 Å². The zero-order valence-corrected chi connectivity index (χ0v) is 31.8. The molecular formula is C33H57N6O10P. The molecular weight excluding hydrogens is 671 g/mol. The van der Waals surface area contributed by atoms with Crippen molar-refractivity contribution in [2.45, 2.75) is 130 Å². The predicted molar refractivity (Wildman–Crippen MR) is 185 cm³/mol. The Balaban J connectivity index is 1.94. The molecule has 16 nitrogen and oxygen atoms in total. The number of hydrogen-bond donors (Lipinski definition) is 4. The van der Waals surface area contributed by atoms with Crippen molar-refractivity contribution < 1.29 is 47.8 Å². The zero-order valence-electron chi connectivity index (χ0n) is 30.9. The van der Waals surface area contributed by atoms with Gasteiger partial charge in [0, 0.05) is 0 Å². The van der Waals surface area contributed by atoms with Crippen molar-refractivity contribution >= 4 is 30.8 Å². The zero-order chi connectivity index (χ0) is 37.2. The van der Waals surface area contributed by atoms with Gasteiger partial charge in [-0.3, -0.25) is 18.7 Å². The SMILES string of the molecule is CCCCOC(=O)[C@H](CC(C)C)NP(=O)(N[C@@H](CC(C)C)C(=O)OCCCC)OC[C@H]1O[C@@H](n2cnc3c(OC)nc(C)nc32)[C@@](C)(O)C1O. The highest BCUT2D eigenvalue weighted by molar-refractivity contribution is 7.54. The molecule has 1 aliphatic rings. The summed E-state index contributed by atoms with van der Waals surface area (Å²) in [4.78, 5) is 39.5. The number of unbranched alkanes of at least 4 members (excludes halogenated alkanes) is 2. The average Bonchev–Trinajstić information content (AvgIpc) is 3.55. The minimum Gasteiger partial charge on any atom is -0.479 e. The molecule has 1 aliphatic heterocycles. The van der Waals surface area contributed by atoms with Crippen molar-refractivity contribution in [1.29, 1.82) is 0 Å². The molecule has 0 aromatic carbocycles. The number of hydrogen-bond acceptors (Lipinski definition) is 13. The molecule has 4 N–H and O–H groups in total. The van der Waals surface area contributed by atoms with Crippen molar-refractivity contribution in [3.8, 4) is 5.88 Å². The molecule has 2 aromatic rings. The molecule has 1 saturated heterocycles. The van der Waals surface area contributed by atoms with Crippen LogP contribution in [-0.4, -0.2) is 98.5 Å². The van der Waals surface area contributed by atoms with E-state index in [1.54, 1.807) is 6.92 Å². The lowest BCUT2D eigenvalue weighted by Gasteiger charge is -2.30. The van der Waals surface area contributed by atoms with E-state index in [0.29, 0.717) is 29.8 Å². The number of imidazole rings is 1. The minimum atomic E-state index is -4.32. The topological polar surface area (TPSA) is 205 Å². The van der Waals surface area contributed by atoms with E-state index in [1.165, 1.54) is 24.9 Å². The molecule has 3 rings (SSSR count). The van der Waals surface area contributed by atoms with Crippen LogP contribution in [0.4, 0.5) is 0 Å². The van der Waals surface area contributed by atoms with Crippen LogP contribution in [-0.2, 0) is 32.9 Å². The van der Waals surface area contributed by atoms with Gasteiger partial charge in [-0.05, 0) is 51.4 Å². The molecule has 0 bridgehead atoms. The number of nitrogens with zero attached hydrogens (tertiary/aromatic N) is 4. The highest BCUT2D eigenvalue weighted by Crippen LogP contribution is 2.45. The largest absolute Gasteiger partial charge is 0.479 e. The Morgan fingerprint density at radius 2 is 1.56 bits per heavy atom. The van der Waals surface area contributed by atoms with Gasteiger partial charge in [-0.25, -0.2) is 20.1 Å². The molecule has 6 atom stereocenters. The smallest absolute Gasteiger partial charge is 0.342 e. The number of aliphatic hydroxyl groups excluding tert-OH is 1. The summed E-state index contributed by atoms with van der Waals surface area (Å²) >= 11 is 0. The van der Waals surface area contributed by atoms with Crippen LogP contribution in [0.5, 0.6) is 5.88 Å². The summed E-state index contributed by atoms with van der Waals surface area (Å²) in [7, 11) is -2.87. The first-order valence-corrected chi connectivity index (χ1v) is 19.1. The molecule has 0 amide bonds. The van der Waals surface area contributed by atoms with E-state index in [0.717, 1.165) is 12.8 Å². The minimum absolute atomic E-state index is 0.00272. The molecule has 1 unspecified atom stereocenters. The Kier molecular flexibility index (Phi) is 15.6. The third kappa shape index (κ3) is 10.9. The summed E-state index contributed by atoms with van der Waals surface area (Å²) < 4.78 is 44.7. The molecule has 284 valence electrons. The Labute approximate surface area is 294 Å². The molecule has 0 aliphatic carbocycles. The third-order valence-corrected chi connectivity index (χ3v) is 10.1. The van der Waals surface area contributed by atoms with Gasteiger partial charge in [-0.15, -0.1) is 0 Å². The standard InChI is InChI=1S/C33H57N6O10P/c1-10-12-14-46-30(41)23(16-20(3)4)37-50(44,38-24(17-21(5)6)31(42)47-15-13-11-2)48-18-25-27(40)33(8,43)32(49-25)39-19-34-26-28(39)35-22(7)36-29(26)45-9/h19-21,23-25,27,32,40,43H,10-18H2,1-9H3,(H2,37,38,44)/t23-,24-,25+,27?,32+,33-/m0/s1. The lowest BCUT2D eigenvalue weighted by atomic mass is 9.96. The van der Waals surface area contributed by atoms with E-state index in [1.807, 2.05) is 41.5 Å². The molecule has 1 fully saturated rings. The maximum absolute atomic E-state index is 14.8. The number of methoxy groups -OCH3 is 1. The quantitative estimate of drug-likeness (QED) is 0.0815. The number of aryl methyl sites for hydroxylation is 1. The third-order valence-electron chi connectivity index (χ3n) is 8.24. The summed E-state index contributed by atoms with van der Waals surface area (Å²) in [6.07, 6.45) is 0.934. The van der Waals surface area contributed by atoms with Gasteiger partial charge in [-0.2, -0.15) is 4.98 Å². The average molecular weight is 729 g/mol. The summed E-state index contributed by atoms with van der Waals surface area (Å²) in [5.41, 5.74) is -1.25. The van der Waals surface area contributed by atoms with Crippen molar-refractivity contribution in [2.75, 3.05) is 26.9 Å². The van der Waals surface area contributed by atoms with Gasteiger partial charge in [0.15, 0.2) is 17.4 Å². The van der Waals surface area contributed by atoms with Crippen molar-refractivity contribution in [2.24, 2.45) is 11.8 Å². The first-order valence-electron chi connectivity index (χ1n) is 17.5. The molecule has 50 heavy (non-hydrogen) atoms. The van der Waals surface area contributed by atoms with E-state index in [-0.39, 0.29) is 43.8 Å². The highest BCUT2D eigenvalue weighted by Gasteiger charge is 2.54. The van der Waals surface area contributed by atoms with Gasteiger partial charge in [0.05, 0.1) is 33.3 Å². The van der Waals surface area contributed by atoms with Crippen molar-refractivity contribution in [1.82, 2.24) is 29.7 Å². The van der Waals surface area contributed by atoms with Crippen LogP contribution in [0.2, 0.25) is 0 Å². The first kappa shape index (κ1) is 41.7.